The van der Waals surface area contributed by atoms with Gasteiger partial charge in [-0.25, -0.2) is 4.21 Å². The molecule has 0 heterocycles. The first-order chi connectivity index (χ1) is 9.77. The molecule has 2 nitrogen and oxygen atoms in total. The van der Waals surface area contributed by atoms with Crippen LogP contribution < -0.4 is 0 Å². The molecular weight excluding hydrogens is 268 g/mol. The van der Waals surface area contributed by atoms with E-state index in [0.29, 0.717) is 0 Å². The van der Waals surface area contributed by atoms with Gasteiger partial charge in [0.25, 0.3) is 0 Å². The van der Waals surface area contributed by atoms with E-state index in [0.717, 1.165) is 6.42 Å². The summed E-state index contributed by atoms with van der Waals surface area (Å²) in [7, 11) is 0. The summed E-state index contributed by atoms with van der Waals surface area (Å²) in [4.78, 5) is 0. The van der Waals surface area contributed by atoms with E-state index >= 15 is 0 Å². The van der Waals surface area contributed by atoms with Crippen LogP contribution in [0.15, 0.2) is 12.2 Å². The molecule has 1 N–H and O–H groups in total. The third-order valence-corrected chi connectivity index (χ3v) is 4.11. The average Bonchev–Trinajstić information content (AvgIpc) is 2.43. The summed E-state index contributed by atoms with van der Waals surface area (Å²) in [5, 5.41) is 0. The zero-order valence-corrected chi connectivity index (χ0v) is 14.1. The van der Waals surface area contributed by atoms with Gasteiger partial charge in [-0.05, 0) is 12.8 Å². The molecule has 120 valence electrons. The second-order valence-corrected chi connectivity index (χ2v) is 6.61. The Morgan fingerprint density at radius 3 is 1.65 bits per heavy atom. The number of unbranched alkanes of at least 4 members (excludes halogenated alkanes) is 12. The molecule has 0 saturated carbocycles. The van der Waals surface area contributed by atoms with Crippen molar-refractivity contribution in [2.24, 2.45) is 0 Å². The van der Waals surface area contributed by atoms with Crippen LogP contribution in [-0.2, 0) is 11.1 Å². The smallest absolute Gasteiger partial charge is 0.156 e. The lowest BCUT2D eigenvalue weighted by Gasteiger charge is -2.02. The second-order valence-electron chi connectivity index (χ2n) is 5.64. The molecule has 20 heavy (non-hydrogen) atoms. The molecule has 1 unspecified atom stereocenters. The third kappa shape index (κ3) is 17.8. The van der Waals surface area contributed by atoms with Crippen molar-refractivity contribution in [3.8, 4) is 0 Å². The highest BCUT2D eigenvalue weighted by Gasteiger charge is 1.93. The molecular formula is C17H34O2S. The van der Waals surface area contributed by atoms with Gasteiger partial charge in [0.1, 0.15) is 0 Å². The molecule has 3 heteroatoms. The lowest BCUT2D eigenvalue weighted by Crippen LogP contribution is -1.89. The van der Waals surface area contributed by atoms with Gasteiger partial charge in [0.15, 0.2) is 11.1 Å². The summed E-state index contributed by atoms with van der Waals surface area (Å²) in [5.74, 6) is 0.276. The van der Waals surface area contributed by atoms with Crippen LogP contribution in [0.1, 0.15) is 90.4 Å². The van der Waals surface area contributed by atoms with E-state index in [1.165, 1.54) is 77.0 Å². The lowest BCUT2D eigenvalue weighted by molar-refractivity contribution is 0.545. The van der Waals surface area contributed by atoms with E-state index in [4.69, 9.17) is 4.55 Å². The normalized spacial score (nSPS) is 13.1. The summed E-state index contributed by atoms with van der Waals surface area (Å²) in [6.07, 6.45) is 21.4. The number of hydrogen-bond donors (Lipinski definition) is 1. The number of allylic oxidation sites excluding steroid dienone is 1. The van der Waals surface area contributed by atoms with Gasteiger partial charge in [0, 0.05) is 0 Å². The maximum Gasteiger partial charge on any atom is 0.156 e. The predicted molar refractivity (Wildman–Crippen MR) is 90.5 cm³/mol. The van der Waals surface area contributed by atoms with E-state index in [2.05, 4.69) is 6.92 Å². The van der Waals surface area contributed by atoms with Crippen molar-refractivity contribution >= 4 is 11.1 Å². The van der Waals surface area contributed by atoms with Crippen molar-refractivity contribution in [3.05, 3.63) is 12.2 Å². The summed E-state index contributed by atoms with van der Waals surface area (Å²) in [6, 6.07) is 0. The maximum absolute atomic E-state index is 10.4. The quantitative estimate of drug-likeness (QED) is 0.234. The molecule has 0 amide bonds. The molecule has 0 aliphatic rings. The molecule has 0 bridgehead atoms. The fraction of sp³-hybridized carbons (Fsp3) is 0.882. The summed E-state index contributed by atoms with van der Waals surface area (Å²) < 4.78 is 19.0. The van der Waals surface area contributed by atoms with Gasteiger partial charge < -0.3 is 4.55 Å². The fourth-order valence-corrected chi connectivity index (χ4v) is 2.67. The van der Waals surface area contributed by atoms with Gasteiger partial charge in [0.05, 0.1) is 5.75 Å². The SMILES string of the molecule is CCCCCCCCCCCCCCC=CCS(=O)O. The van der Waals surface area contributed by atoms with Crippen molar-refractivity contribution in [1.82, 2.24) is 0 Å². The van der Waals surface area contributed by atoms with Crippen LogP contribution in [0.3, 0.4) is 0 Å². The van der Waals surface area contributed by atoms with E-state index < -0.39 is 11.1 Å². The highest BCUT2D eigenvalue weighted by atomic mass is 32.2. The topological polar surface area (TPSA) is 37.3 Å². The highest BCUT2D eigenvalue weighted by Crippen LogP contribution is 2.12. The van der Waals surface area contributed by atoms with E-state index in [1.807, 2.05) is 12.2 Å². The molecule has 0 aromatic rings. The second kappa shape index (κ2) is 16.9. The van der Waals surface area contributed by atoms with E-state index in [1.54, 1.807) is 0 Å². The number of rotatable bonds is 15. The van der Waals surface area contributed by atoms with Crippen LogP contribution in [0.4, 0.5) is 0 Å². The van der Waals surface area contributed by atoms with Crippen molar-refractivity contribution < 1.29 is 8.76 Å². The minimum absolute atomic E-state index is 0.276. The first kappa shape index (κ1) is 19.9. The molecule has 0 spiro atoms. The van der Waals surface area contributed by atoms with E-state index in [9.17, 15) is 4.21 Å². The van der Waals surface area contributed by atoms with Crippen molar-refractivity contribution in [2.75, 3.05) is 5.75 Å². The Balaban J connectivity index is 3.02. The van der Waals surface area contributed by atoms with Crippen LogP contribution in [0, 0.1) is 0 Å². The third-order valence-electron chi connectivity index (χ3n) is 3.63. The summed E-state index contributed by atoms with van der Waals surface area (Å²) >= 11 is -1.67. The van der Waals surface area contributed by atoms with Gasteiger partial charge >= 0.3 is 0 Å². The zero-order chi connectivity index (χ0) is 14.9. The first-order valence-electron chi connectivity index (χ1n) is 8.49. The van der Waals surface area contributed by atoms with Crippen LogP contribution in [0.25, 0.3) is 0 Å². The van der Waals surface area contributed by atoms with Crippen molar-refractivity contribution in [2.45, 2.75) is 90.4 Å². The fourth-order valence-electron chi connectivity index (χ4n) is 2.37. The van der Waals surface area contributed by atoms with Crippen LogP contribution in [0.2, 0.25) is 0 Å². The van der Waals surface area contributed by atoms with Gasteiger partial charge in [-0.1, -0.05) is 89.7 Å². The Kier molecular flexibility index (Phi) is 16.8. The average molecular weight is 303 g/mol. The van der Waals surface area contributed by atoms with Gasteiger partial charge in [-0.15, -0.1) is 0 Å². The molecule has 0 fully saturated rings. The van der Waals surface area contributed by atoms with E-state index in [-0.39, 0.29) is 5.75 Å². The molecule has 0 saturated heterocycles. The highest BCUT2D eigenvalue weighted by molar-refractivity contribution is 7.79. The summed E-state index contributed by atoms with van der Waals surface area (Å²) in [5.41, 5.74) is 0. The Morgan fingerprint density at radius 2 is 1.20 bits per heavy atom. The Hall–Kier alpha value is -0.150. The molecule has 0 aromatic heterocycles. The monoisotopic (exact) mass is 302 g/mol. The molecule has 0 aromatic carbocycles. The molecule has 1 atom stereocenters. The van der Waals surface area contributed by atoms with Gasteiger partial charge in [0.2, 0.25) is 0 Å². The van der Waals surface area contributed by atoms with Crippen LogP contribution in [-0.4, -0.2) is 14.5 Å². The van der Waals surface area contributed by atoms with Crippen LogP contribution in [0.5, 0.6) is 0 Å². The zero-order valence-electron chi connectivity index (χ0n) is 13.3. The Morgan fingerprint density at radius 1 is 0.750 bits per heavy atom. The molecule has 0 aliphatic heterocycles. The van der Waals surface area contributed by atoms with Crippen molar-refractivity contribution in [1.29, 1.82) is 0 Å². The molecule has 0 rings (SSSR count). The molecule has 0 aliphatic carbocycles. The van der Waals surface area contributed by atoms with Crippen LogP contribution >= 0.6 is 0 Å². The summed E-state index contributed by atoms with van der Waals surface area (Å²) in [6.45, 7) is 2.27. The van der Waals surface area contributed by atoms with Gasteiger partial charge in [-0.2, -0.15) is 0 Å². The first-order valence-corrected chi connectivity index (χ1v) is 9.77. The number of hydrogen-bond acceptors (Lipinski definition) is 1. The van der Waals surface area contributed by atoms with Gasteiger partial charge in [-0.3, -0.25) is 0 Å². The Bertz CT molecular complexity index is 239. The van der Waals surface area contributed by atoms with Crippen molar-refractivity contribution in [3.63, 3.8) is 0 Å². The Labute approximate surface area is 128 Å². The molecule has 0 radical (unpaired) electrons. The maximum atomic E-state index is 10.4. The standard InChI is InChI=1S/C17H34O2S/c1-2-3-4-5-6-7-8-9-10-11-12-13-14-15-16-17-20(18)19/h15-16H,2-14,17H2,1H3,(H,18,19). The lowest BCUT2D eigenvalue weighted by atomic mass is 10.0. The largest absolute Gasteiger partial charge is 0.306 e. The minimum atomic E-state index is -1.67. The minimum Gasteiger partial charge on any atom is -0.306 e. The predicted octanol–water partition coefficient (Wildman–Crippen LogP) is 5.86.